The van der Waals surface area contributed by atoms with Crippen molar-refractivity contribution in [2.75, 3.05) is 26.2 Å². The van der Waals surface area contributed by atoms with E-state index in [4.69, 9.17) is 4.74 Å². The zero-order chi connectivity index (χ0) is 16.2. The van der Waals surface area contributed by atoms with Crippen LogP contribution in [0.5, 0.6) is 0 Å². The molecule has 1 aromatic heterocycles. The lowest BCUT2D eigenvalue weighted by molar-refractivity contribution is -0.0476. The summed E-state index contributed by atoms with van der Waals surface area (Å²) in [5.41, 5.74) is 2.15. The molecule has 1 aliphatic rings. The minimum Gasteiger partial charge on any atom is -0.387 e. The average molecular weight is 316 g/mol. The second-order valence-electron chi connectivity index (χ2n) is 6.02. The Hall–Kier alpha value is -1.76. The van der Waals surface area contributed by atoms with Gasteiger partial charge in [0, 0.05) is 26.2 Å². The van der Waals surface area contributed by atoms with Crippen LogP contribution in [0, 0.1) is 6.92 Å². The molecule has 124 valence electrons. The molecule has 23 heavy (non-hydrogen) atoms. The molecule has 1 aromatic carbocycles. The lowest BCUT2D eigenvalue weighted by atomic mass is 10.1. The van der Waals surface area contributed by atoms with Gasteiger partial charge in [0.2, 0.25) is 0 Å². The van der Waals surface area contributed by atoms with Gasteiger partial charge in [0.15, 0.2) is 5.82 Å². The highest BCUT2D eigenvalue weighted by molar-refractivity contribution is 5.23. The van der Waals surface area contributed by atoms with E-state index in [-0.39, 0.29) is 6.10 Å². The number of aliphatic hydroxyl groups excluding tert-OH is 1. The number of hydrogen-bond donors (Lipinski definition) is 1. The van der Waals surface area contributed by atoms with Gasteiger partial charge in [-0.2, -0.15) is 0 Å². The molecule has 0 radical (unpaired) electrons. The summed E-state index contributed by atoms with van der Waals surface area (Å²) in [5.74, 6) is 0.863. The molecule has 0 amide bonds. The van der Waals surface area contributed by atoms with Crippen LogP contribution in [0.3, 0.4) is 0 Å². The SMILES string of the molecule is CCn1cnnc1[C@H]1CN(C[C@@H](O)c2ccc(C)cc2)CCO1. The van der Waals surface area contributed by atoms with E-state index < -0.39 is 6.10 Å². The molecule has 2 aromatic rings. The molecule has 1 aliphatic heterocycles. The van der Waals surface area contributed by atoms with Crippen LogP contribution >= 0.6 is 0 Å². The van der Waals surface area contributed by atoms with E-state index >= 15 is 0 Å². The topological polar surface area (TPSA) is 63.4 Å². The van der Waals surface area contributed by atoms with Crippen molar-refractivity contribution in [3.8, 4) is 0 Å². The number of aromatic nitrogens is 3. The summed E-state index contributed by atoms with van der Waals surface area (Å²) in [5, 5.41) is 18.6. The summed E-state index contributed by atoms with van der Waals surface area (Å²) >= 11 is 0. The van der Waals surface area contributed by atoms with Crippen molar-refractivity contribution in [3.63, 3.8) is 0 Å². The fourth-order valence-corrected chi connectivity index (χ4v) is 2.92. The molecule has 0 unspecified atom stereocenters. The maximum atomic E-state index is 10.5. The molecule has 1 N–H and O–H groups in total. The number of β-amino-alcohol motifs (C(OH)–C–C–N with tert-alkyl or cyclic N) is 1. The first-order valence-electron chi connectivity index (χ1n) is 8.13. The van der Waals surface area contributed by atoms with Gasteiger partial charge in [-0.15, -0.1) is 10.2 Å². The molecule has 1 saturated heterocycles. The Morgan fingerprint density at radius 2 is 2.13 bits per heavy atom. The smallest absolute Gasteiger partial charge is 0.163 e. The number of nitrogens with zero attached hydrogens (tertiary/aromatic N) is 4. The molecule has 2 atom stereocenters. The Labute approximate surface area is 136 Å². The fraction of sp³-hybridized carbons (Fsp3) is 0.529. The Morgan fingerprint density at radius 3 is 2.87 bits per heavy atom. The monoisotopic (exact) mass is 316 g/mol. The molecule has 6 nitrogen and oxygen atoms in total. The van der Waals surface area contributed by atoms with Crippen molar-refractivity contribution in [2.45, 2.75) is 32.6 Å². The lowest BCUT2D eigenvalue weighted by Gasteiger charge is -2.33. The molecule has 1 fully saturated rings. The van der Waals surface area contributed by atoms with Gasteiger partial charge >= 0.3 is 0 Å². The minimum atomic E-state index is -0.488. The van der Waals surface area contributed by atoms with Crippen LogP contribution in [-0.2, 0) is 11.3 Å². The summed E-state index contributed by atoms with van der Waals surface area (Å²) in [6.45, 7) is 7.72. The maximum Gasteiger partial charge on any atom is 0.163 e. The van der Waals surface area contributed by atoms with Crippen molar-refractivity contribution in [1.82, 2.24) is 19.7 Å². The van der Waals surface area contributed by atoms with Gasteiger partial charge in [0.1, 0.15) is 12.4 Å². The second-order valence-corrected chi connectivity index (χ2v) is 6.02. The van der Waals surface area contributed by atoms with E-state index in [1.54, 1.807) is 6.33 Å². The van der Waals surface area contributed by atoms with Crippen molar-refractivity contribution in [3.05, 3.63) is 47.5 Å². The predicted octanol–water partition coefficient (Wildman–Crippen LogP) is 1.71. The second kappa shape index (κ2) is 7.21. The molecule has 3 rings (SSSR count). The standard InChI is InChI=1S/C17H24N4O2/c1-3-21-12-18-19-17(21)16-11-20(8-9-23-16)10-15(22)14-6-4-13(2)5-7-14/h4-7,12,15-16,22H,3,8-11H2,1-2H3/t15-,16-/m1/s1. The quantitative estimate of drug-likeness (QED) is 0.910. The number of benzene rings is 1. The Kier molecular flexibility index (Phi) is 5.05. The number of morpholine rings is 1. The average Bonchev–Trinajstić information content (AvgIpc) is 3.04. The number of aryl methyl sites for hydroxylation is 2. The van der Waals surface area contributed by atoms with Crippen LogP contribution in [0.4, 0.5) is 0 Å². The first kappa shape index (κ1) is 16.1. The molecular weight excluding hydrogens is 292 g/mol. The van der Waals surface area contributed by atoms with E-state index in [1.165, 1.54) is 5.56 Å². The van der Waals surface area contributed by atoms with E-state index in [2.05, 4.69) is 22.0 Å². The highest BCUT2D eigenvalue weighted by atomic mass is 16.5. The highest BCUT2D eigenvalue weighted by Crippen LogP contribution is 2.23. The molecule has 2 heterocycles. The number of ether oxygens (including phenoxy) is 1. The van der Waals surface area contributed by atoms with Gasteiger partial charge in [-0.3, -0.25) is 4.90 Å². The highest BCUT2D eigenvalue weighted by Gasteiger charge is 2.27. The third-order valence-corrected chi connectivity index (χ3v) is 4.32. The largest absolute Gasteiger partial charge is 0.387 e. The molecular formula is C17H24N4O2. The number of rotatable bonds is 5. The normalized spacial score (nSPS) is 20.6. The predicted molar refractivity (Wildman–Crippen MR) is 87.0 cm³/mol. The Bertz CT molecular complexity index is 626. The molecule has 6 heteroatoms. The summed E-state index contributed by atoms with van der Waals surface area (Å²) in [4.78, 5) is 2.23. The fourth-order valence-electron chi connectivity index (χ4n) is 2.92. The van der Waals surface area contributed by atoms with Gasteiger partial charge in [0.05, 0.1) is 12.7 Å². The Morgan fingerprint density at radius 1 is 1.35 bits per heavy atom. The number of aliphatic hydroxyl groups is 1. The van der Waals surface area contributed by atoms with Gasteiger partial charge in [-0.05, 0) is 19.4 Å². The first-order valence-corrected chi connectivity index (χ1v) is 8.13. The zero-order valence-electron chi connectivity index (χ0n) is 13.7. The van der Waals surface area contributed by atoms with Crippen LogP contribution in [0.1, 0.15) is 36.1 Å². The minimum absolute atomic E-state index is 0.0867. The van der Waals surface area contributed by atoms with E-state index in [9.17, 15) is 5.11 Å². The number of hydrogen-bond acceptors (Lipinski definition) is 5. The van der Waals surface area contributed by atoms with Gasteiger partial charge in [0.25, 0.3) is 0 Å². The van der Waals surface area contributed by atoms with Crippen LogP contribution in [0.15, 0.2) is 30.6 Å². The Balaban J connectivity index is 1.63. The van der Waals surface area contributed by atoms with Crippen LogP contribution in [0.25, 0.3) is 0 Å². The summed E-state index contributed by atoms with van der Waals surface area (Å²) in [6, 6.07) is 8.05. The van der Waals surface area contributed by atoms with E-state index in [0.717, 1.165) is 31.0 Å². The summed E-state index contributed by atoms with van der Waals surface area (Å²) in [6.07, 6.45) is 1.16. The van der Waals surface area contributed by atoms with Crippen LogP contribution in [-0.4, -0.2) is 51.0 Å². The molecule has 0 saturated carbocycles. The third-order valence-electron chi connectivity index (χ3n) is 4.32. The van der Waals surface area contributed by atoms with Crippen molar-refractivity contribution < 1.29 is 9.84 Å². The lowest BCUT2D eigenvalue weighted by Crippen LogP contribution is -2.41. The summed E-state index contributed by atoms with van der Waals surface area (Å²) in [7, 11) is 0. The van der Waals surface area contributed by atoms with E-state index in [0.29, 0.717) is 13.2 Å². The molecule has 0 aliphatic carbocycles. The van der Waals surface area contributed by atoms with Gasteiger partial charge in [-0.25, -0.2) is 0 Å². The van der Waals surface area contributed by atoms with Gasteiger partial charge in [-0.1, -0.05) is 29.8 Å². The summed E-state index contributed by atoms with van der Waals surface area (Å²) < 4.78 is 7.86. The van der Waals surface area contributed by atoms with Crippen molar-refractivity contribution in [2.24, 2.45) is 0 Å². The van der Waals surface area contributed by atoms with Crippen LogP contribution < -0.4 is 0 Å². The third kappa shape index (κ3) is 3.77. The molecule has 0 spiro atoms. The maximum absolute atomic E-state index is 10.5. The van der Waals surface area contributed by atoms with Crippen LogP contribution in [0.2, 0.25) is 0 Å². The van der Waals surface area contributed by atoms with E-state index in [1.807, 2.05) is 35.8 Å². The van der Waals surface area contributed by atoms with Gasteiger partial charge < -0.3 is 14.4 Å². The van der Waals surface area contributed by atoms with Crippen molar-refractivity contribution >= 4 is 0 Å². The zero-order valence-corrected chi connectivity index (χ0v) is 13.7. The molecule has 0 bridgehead atoms. The first-order chi connectivity index (χ1) is 11.2. The van der Waals surface area contributed by atoms with Crippen molar-refractivity contribution in [1.29, 1.82) is 0 Å².